The van der Waals surface area contributed by atoms with Gasteiger partial charge >= 0.3 is 0 Å². The van der Waals surface area contributed by atoms with Crippen molar-refractivity contribution < 1.29 is 19.4 Å². The van der Waals surface area contributed by atoms with Gasteiger partial charge in [-0.1, -0.05) is 0 Å². The highest BCUT2D eigenvalue weighted by molar-refractivity contribution is 5.82. The summed E-state index contributed by atoms with van der Waals surface area (Å²) >= 11 is 0. The maximum absolute atomic E-state index is 11.9. The maximum Gasteiger partial charge on any atom is 0.232 e. The van der Waals surface area contributed by atoms with E-state index in [0.29, 0.717) is 38.8 Å². The summed E-state index contributed by atoms with van der Waals surface area (Å²) in [6.45, 7) is 0.950. The third-order valence-corrected chi connectivity index (χ3v) is 4.68. The van der Waals surface area contributed by atoms with E-state index >= 15 is 0 Å². The van der Waals surface area contributed by atoms with E-state index in [0.717, 1.165) is 0 Å². The highest BCUT2D eigenvalue weighted by atomic mass is 16.6. The van der Waals surface area contributed by atoms with Crippen molar-refractivity contribution in [2.24, 2.45) is 11.8 Å². The summed E-state index contributed by atoms with van der Waals surface area (Å²) in [5.74, 6) is -1.40. The molecule has 2 rings (SSSR count). The van der Waals surface area contributed by atoms with Crippen LogP contribution in [-0.4, -0.2) is 70.7 Å². The normalized spacial score (nSPS) is 27.2. The van der Waals surface area contributed by atoms with Crippen LogP contribution in [0.3, 0.4) is 0 Å². The number of hydrogen-bond donors (Lipinski definition) is 0. The standard InChI is InChI=1S/C14H22N4O6/c1-15(13(19)9-7-11(9)17(21)22)5-3-4-6-16(2)14(20)10-8-12(10)18(23)24/h9-12H,3-8H2,1-2H3/t9-,10+,11-,12-/m0/s1. The summed E-state index contributed by atoms with van der Waals surface area (Å²) in [6, 6.07) is -1.48. The minimum atomic E-state index is -0.739. The largest absolute Gasteiger partial charge is 0.345 e. The second-order valence-corrected chi connectivity index (χ2v) is 6.62. The molecule has 0 aliphatic heterocycles. The van der Waals surface area contributed by atoms with Crippen molar-refractivity contribution >= 4 is 11.8 Å². The molecule has 2 aliphatic rings. The molecule has 0 aromatic rings. The van der Waals surface area contributed by atoms with Crippen molar-refractivity contribution in [2.45, 2.75) is 37.8 Å². The zero-order chi connectivity index (χ0) is 18.0. The van der Waals surface area contributed by atoms with Crippen LogP contribution in [0.2, 0.25) is 0 Å². The Morgan fingerprint density at radius 3 is 1.46 bits per heavy atom. The molecule has 0 saturated heterocycles. The minimum absolute atomic E-state index is 0.201. The first-order valence-corrected chi connectivity index (χ1v) is 8.01. The highest BCUT2D eigenvalue weighted by Gasteiger charge is 2.54. The molecular weight excluding hydrogens is 320 g/mol. The van der Waals surface area contributed by atoms with Crippen LogP contribution in [0.1, 0.15) is 25.7 Å². The van der Waals surface area contributed by atoms with E-state index in [1.807, 2.05) is 0 Å². The zero-order valence-corrected chi connectivity index (χ0v) is 13.8. The number of hydrogen-bond acceptors (Lipinski definition) is 6. The molecule has 0 bridgehead atoms. The second-order valence-electron chi connectivity index (χ2n) is 6.62. The average molecular weight is 342 g/mol. The zero-order valence-electron chi connectivity index (χ0n) is 13.8. The van der Waals surface area contributed by atoms with Gasteiger partial charge in [0.05, 0.1) is 0 Å². The highest BCUT2D eigenvalue weighted by Crippen LogP contribution is 2.35. The van der Waals surface area contributed by atoms with Crippen molar-refractivity contribution in [3.8, 4) is 0 Å². The molecule has 2 amide bonds. The van der Waals surface area contributed by atoms with Gasteiger partial charge in [0.25, 0.3) is 0 Å². The molecule has 134 valence electrons. The Kier molecular flexibility index (Phi) is 5.35. The molecule has 0 unspecified atom stereocenters. The van der Waals surface area contributed by atoms with Crippen molar-refractivity contribution in [3.63, 3.8) is 0 Å². The number of carbonyl (C=O) groups excluding carboxylic acids is 2. The van der Waals surface area contributed by atoms with Crippen LogP contribution < -0.4 is 0 Å². The first-order chi connectivity index (χ1) is 11.2. The number of carbonyl (C=O) groups is 2. The first kappa shape index (κ1) is 18.1. The van der Waals surface area contributed by atoms with Crippen molar-refractivity contribution in [3.05, 3.63) is 20.2 Å². The number of unbranched alkanes of at least 4 members (excludes halogenated alkanes) is 1. The summed E-state index contributed by atoms with van der Waals surface area (Å²) in [5, 5.41) is 21.2. The van der Waals surface area contributed by atoms with Crippen molar-refractivity contribution in [2.75, 3.05) is 27.2 Å². The number of nitrogens with zero attached hydrogens (tertiary/aromatic N) is 4. The predicted molar refractivity (Wildman–Crippen MR) is 82.3 cm³/mol. The van der Waals surface area contributed by atoms with E-state index in [4.69, 9.17) is 0 Å². The smallest absolute Gasteiger partial charge is 0.232 e. The summed E-state index contributed by atoms with van der Waals surface area (Å²) < 4.78 is 0. The topological polar surface area (TPSA) is 127 Å². The van der Waals surface area contributed by atoms with E-state index in [1.165, 1.54) is 9.80 Å². The van der Waals surface area contributed by atoms with Gasteiger partial charge in [-0.15, -0.1) is 0 Å². The molecule has 2 aliphatic carbocycles. The molecule has 4 atom stereocenters. The lowest BCUT2D eigenvalue weighted by atomic mass is 10.2. The SMILES string of the molecule is CN(CCCCN(C)C(=O)[C@@H]1C[C@@H]1[N+](=O)[O-])C(=O)[C@H]1C[C@@H]1[N+](=O)[O-]. The molecule has 0 aromatic heterocycles. The Labute approximate surface area is 139 Å². The number of rotatable bonds is 9. The van der Waals surface area contributed by atoms with Gasteiger partial charge < -0.3 is 9.80 Å². The second kappa shape index (κ2) is 7.10. The molecule has 0 radical (unpaired) electrons. The van der Waals surface area contributed by atoms with Gasteiger partial charge in [-0.2, -0.15) is 0 Å². The third-order valence-electron chi connectivity index (χ3n) is 4.68. The lowest BCUT2D eigenvalue weighted by Crippen LogP contribution is -2.33. The Morgan fingerprint density at radius 1 is 0.875 bits per heavy atom. The van der Waals surface area contributed by atoms with Gasteiger partial charge in [0.2, 0.25) is 23.9 Å². The lowest BCUT2D eigenvalue weighted by molar-refractivity contribution is -0.497. The van der Waals surface area contributed by atoms with E-state index < -0.39 is 33.8 Å². The molecular formula is C14H22N4O6. The van der Waals surface area contributed by atoms with Crippen LogP contribution in [0.15, 0.2) is 0 Å². The van der Waals surface area contributed by atoms with Gasteiger partial charge in [0.15, 0.2) is 0 Å². The van der Waals surface area contributed by atoms with Gasteiger partial charge in [-0.05, 0) is 12.8 Å². The first-order valence-electron chi connectivity index (χ1n) is 8.01. The van der Waals surface area contributed by atoms with Crippen molar-refractivity contribution in [1.29, 1.82) is 0 Å². The summed E-state index contributed by atoms with van der Waals surface area (Å²) in [4.78, 5) is 47.2. The van der Waals surface area contributed by atoms with E-state index in [9.17, 15) is 29.8 Å². The maximum atomic E-state index is 11.9. The van der Waals surface area contributed by atoms with Crippen LogP contribution in [0.4, 0.5) is 0 Å². The molecule has 10 nitrogen and oxygen atoms in total. The van der Waals surface area contributed by atoms with Gasteiger partial charge in [0, 0.05) is 49.9 Å². The Bertz CT molecular complexity index is 505. The van der Waals surface area contributed by atoms with Gasteiger partial charge in [-0.25, -0.2) is 0 Å². The molecule has 2 fully saturated rings. The number of nitro groups is 2. The average Bonchev–Trinajstić information content (AvgIpc) is 3.40. The van der Waals surface area contributed by atoms with Crippen LogP contribution in [0.5, 0.6) is 0 Å². The Hall–Kier alpha value is -2.26. The quantitative estimate of drug-likeness (QED) is 0.330. The molecule has 0 spiro atoms. The van der Waals surface area contributed by atoms with E-state index in [1.54, 1.807) is 14.1 Å². The van der Waals surface area contributed by atoms with E-state index in [2.05, 4.69) is 0 Å². The molecule has 24 heavy (non-hydrogen) atoms. The fraction of sp³-hybridized carbons (Fsp3) is 0.857. The van der Waals surface area contributed by atoms with Gasteiger partial charge in [-0.3, -0.25) is 29.8 Å². The molecule has 2 saturated carbocycles. The Morgan fingerprint density at radius 2 is 1.21 bits per heavy atom. The Balaban J connectivity index is 1.61. The summed E-state index contributed by atoms with van der Waals surface area (Å²) in [7, 11) is 3.25. The molecule has 10 heteroatoms. The monoisotopic (exact) mass is 342 g/mol. The molecule has 0 N–H and O–H groups in total. The fourth-order valence-electron chi connectivity index (χ4n) is 2.84. The molecule has 0 aromatic carbocycles. The third kappa shape index (κ3) is 4.18. The van der Waals surface area contributed by atoms with Crippen LogP contribution in [0, 0.1) is 32.1 Å². The van der Waals surface area contributed by atoms with Crippen molar-refractivity contribution in [1.82, 2.24) is 9.80 Å². The van der Waals surface area contributed by atoms with E-state index in [-0.39, 0.29) is 11.8 Å². The summed E-state index contributed by atoms with van der Waals surface area (Å²) in [5.41, 5.74) is 0. The van der Waals surface area contributed by atoms with Gasteiger partial charge in [0.1, 0.15) is 11.8 Å². The summed E-state index contributed by atoms with van der Waals surface area (Å²) in [6.07, 6.45) is 1.96. The van der Waals surface area contributed by atoms with Crippen LogP contribution in [-0.2, 0) is 9.59 Å². The molecule has 0 heterocycles. The number of amides is 2. The minimum Gasteiger partial charge on any atom is -0.345 e. The van der Waals surface area contributed by atoms with Crippen LogP contribution >= 0.6 is 0 Å². The lowest BCUT2D eigenvalue weighted by Gasteiger charge is -2.19. The fourth-order valence-corrected chi connectivity index (χ4v) is 2.84. The predicted octanol–water partition coefficient (Wildman–Crippen LogP) is 0.0138. The van der Waals surface area contributed by atoms with Crippen LogP contribution in [0.25, 0.3) is 0 Å².